The molecule has 4 rings (SSSR count). The van der Waals surface area contributed by atoms with Crippen LogP contribution in [0.2, 0.25) is 0 Å². The van der Waals surface area contributed by atoms with Crippen molar-refractivity contribution in [1.29, 1.82) is 5.26 Å². The Morgan fingerprint density at radius 3 is 2.32 bits per heavy atom. The van der Waals surface area contributed by atoms with E-state index < -0.39 is 0 Å². The van der Waals surface area contributed by atoms with E-state index in [0.29, 0.717) is 55.5 Å². The van der Waals surface area contributed by atoms with Crippen LogP contribution >= 0.6 is 23.1 Å². The number of thioether (sulfide) groups is 1. The van der Waals surface area contributed by atoms with Crippen molar-refractivity contribution in [1.82, 2.24) is 15.2 Å². The predicted molar refractivity (Wildman–Crippen MR) is 148 cm³/mol. The molecule has 2 aromatic carbocycles. The van der Waals surface area contributed by atoms with Crippen molar-refractivity contribution < 1.29 is 19.0 Å². The molecule has 1 N–H and O–H groups in total. The van der Waals surface area contributed by atoms with E-state index in [1.165, 1.54) is 30.2 Å². The number of nitrogens with zero attached hydrogens (tertiary/aromatic N) is 4. The van der Waals surface area contributed by atoms with Crippen molar-refractivity contribution in [2.24, 2.45) is 0 Å². The molecule has 4 aromatic rings. The van der Waals surface area contributed by atoms with E-state index in [1.54, 1.807) is 26.4 Å². The van der Waals surface area contributed by atoms with Gasteiger partial charge in [-0.1, -0.05) is 41.7 Å². The summed E-state index contributed by atoms with van der Waals surface area (Å²) in [4.78, 5) is 17.2. The molecule has 2 heterocycles. The summed E-state index contributed by atoms with van der Waals surface area (Å²) < 4.78 is 16.5. The number of carbonyl (C=O) groups excluding carboxylic acids is 1. The van der Waals surface area contributed by atoms with E-state index in [0.717, 1.165) is 10.6 Å². The van der Waals surface area contributed by atoms with Crippen molar-refractivity contribution >= 4 is 34.1 Å². The average Bonchev–Trinajstić information content (AvgIpc) is 3.36. The largest absolute Gasteiger partial charge is 0.493 e. The highest BCUT2D eigenvalue weighted by atomic mass is 32.2. The van der Waals surface area contributed by atoms with Crippen LogP contribution in [0.3, 0.4) is 0 Å². The van der Waals surface area contributed by atoms with E-state index in [9.17, 15) is 10.1 Å². The molecule has 0 unspecified atom stereocenters. The number of ether oxygens (including phenoxy) is 3. The lowest BCUT2D eigenvalue weighted by atomic mass is 9.98. The summed E-state index contributed by atoms with van der Waals surface area (Å²) in [6.07, 6.45) is 0.213. The second kappa shape index (κ2) is 12.4. The molecule has 0 aliphatic carbocycles. The van der Waals surface area contributed by atoms with Gasteiger partial charge in [0.05, 0.1) is 32.6 Å². The second-order valence-corrected chi connectivity index (χ2v) is 10.2. The number of hydrogen-bond donors (Lipinski definition) is 1. The lowest BCUT2D eigenvalue weighted by Crippen LogP contribution is -2.12. The maximum Gasteiger partial charge on any atom is 0.227 e. The van der Waals surface area contributed by atoms with Gasteiger partial charge in [0.25, 0.3) is 0 Å². The van der Waals surface area contributed by atoms with Crippen LogP contribution in [0.1, 0.15) is 17.0 Å². The number of hydrogen-bond acceptors (Lipinski definition) is 10. The Kier molecular flexibility index (Phi) is 8.78. The van der Waals surface area contributed by atoms with Gasteiger partial charge >= 0.3 is 0 Å². The molecular weight excluding hydrogens is 522 g/mol. The molecule has 0 aliphatic heterocycles. The summed E-state index contributed by atoms with van der Waals surface area (Å²) in [6, 6.07) is 17.5. The molecule has 0 atom stereocenters. The molecule has 38 heavy (non-hydrogen) atoms. The second-order valence-electron chi connectivity index (χ2n) is 7.90. The average molecular weight is 548 g/mol. The molecule has 0 spiro atoms. The third-order valence-electron chi connectivity index (χ3n) is 5.48. The molecule has 9 nitrogen and oxygen atoms in total. The van der Waals surface area contributed by atoms with Crippen molar-refractivity contribution in [3.8, 4) is 45.7 Å². The monoisotopic (exact) mass is 547 g/mol. The van der Waals surface area contributed by atoms with Crippen LogP contribution < -0.4 is 19.5 Å². The normalized spacial score (nSPS) is 10.5. The molecule has 0 fully saturated rings. The molecule has 1 amide bonds. The molecule has 2 aromatic heterocycles. The first-order valence-electron chi connectivity index (χ1n) is 11.5. The minimum Gasteiger partial charge on any atom is -0.493 e. The fourth-order valence-corrected chi connectivity index (χ4v) is 5.28. The fourth-order valence-electron chi connectivity index (χ4n) is 3.72. The lowest BCUT2D eigenvalue weighted by molar-refractivity contribution is -0.115. The number of nitrogens with one attached hydrogen (secondary N) is 1. The SMILES string of the molecule is COc1cc(-c2cc(-c3ccccc3)nc(SCCC(=O)Nc3nnc(C)s3)c2C#N)cc(OC)c1OC. The first kappa shape index (κ1) is 26.9. The molecule has 194 valence electrons. The van der Waals surface area contributed by atoms with E-state index in [2.05, 4.69) is 21.6 Å². The fraction of sp³-hybridized carbons (Fsp3) is 0.222. The Bertz CT molecular complexity index is 1460. The first-order chi connectivity index (χ1) is 18.5. The van der Waals surface area contributed by atoms with Crippen LogP contribution in [-0.4, -0.2) is 48.2 Å². The van der Waals surface area contributed by atoms with Crippen LogP contribution in [-0.2, 0) is 4.79 Å². The van der Waals surface area contributed by atoms with E-state index >= 15 is 0 Å². The zero-order chi connectivity index (χ0) is 27.1. The van der Waals surface area contributed by atoms with Crippen molar-refractivity contribution in [2.75, 3.05) is 32.4 Å². The van der Waals surface area contributed by atoms with Gasteiger partial charge in [0.1, 0.15) is 16.1 Å². The van der Waals surface area contributed by atoms with E-state index in [4.69, 9.17) is 19.2 Å². The van der Waals surface area contributed by atoms with Gasteiger partial charge < -0.3 is 19.5 Å². The van der Waals surface area contributed by atoms with Gasteiger partial charge in [0.2, 0.25) is 16.8 Å². The number of amides is 1. The number of aryl methyl sites for hydroxylation is 1. The molecule has 0 radical (unpaired) electrons. The predicted octanol–water partition coefficient (Wildman–Crippen LogP) is 5.59. The molecular formula is C27H25N5O4S2. The van der Waals surface area contributed by atoms with E-state index in [-0.39, 0.29) is 12.3 Å². The van der Waals surface area contributed by atoms with Crippen LogP contribution in [0.25, 0.3) is 22.4 Å². The zero-order valence-electron chi connectivity index (χ0n) is 21.3. The topological polar surface area (TPSA) is 119 Å². The zero-order valence-corrected chi connectivity index (χ0v) is 22.9. The highest BCUT2D eigenvalue weighted by Gasteiger charge is 2.20. The van der Waals surface area contributed by atoms with Crippen LogP contribution in [0.5, 0.6) is 17.2 Å². The summed E-state index contributed by atoms with van der Waals surface area (Å²) in [6.45, 7) is 1.82. The van der Waals surface area contributed by atoms with Crippen molar-refractivity contribution in [3.05, 3.63) is 59.1 Å². The van der Waals surface area contributed by atoms with Gasteiger partial charge in [-0.15, -0.1) is 22.0 Å². The van der Waals surface area contributed by atoms with Gasteiger partial charge in [-0.25, -0.2) is 4.98 Å². The standard InChI is InChI=1S/C27H25N5O4S2/c1-16-31-32-27(38-16)30-24(33)10-11-37-26-20(15-28)19(14-21(29-26)17-8-6-5-7-9-17)18-12-22(34-2)25(36-4)23(13-18)35-3/h5-9,12-14H,10-11H2,1-4H3,(H,30,32,33). The molecule has 0 saturated heterocycles. The number of pyridine rings is 1. The van der Waals surface area contributed by atoms with Crippen molar-refractivity contribution in [3.63, 3.8) is 0 Å². The Morgan fingerprint density at radius 1 is 1.03 bits per heavy atom. The first-order valence-corrected chi connectivity index (χ1v) is 13.3. The summed E-state index contributed by atoms with van der Waals surface area (Å²) >= 11 is 2.66. The Hall–Kier alpha value is -4.14. The third kappa shape index (κ3) is 6.04. The summed E-state index contributed by atoms with van der Waals surface area (Å²) in [5.74, 6) is 1.64. The molecule has 0 saturated carbocycles. The van der Waals surface area contributed by atoms with Crippen molar-refractivity contribution in [2.45, 2.75) is 18.4 Å². The minimum absolute atomic E-state index is 0.184. The van der Waals surface area contributed by atoms with Crippen LogP contribution in [0.15, 0.2) is 53.6 Å². The minimum atomic E-state index is -0.184. The van der Waals surface area contributed by atoms with Gasteiger partial charge in [0.15, 0.2) is 11.5 Å². The maximum absolute atomic E-state index is 12.4. The molecule has 11 heteroatoms. The smallest absolute Gasteiger partial charge is 0.227 e. The van der Waals surface area contributed by atoms with Gasteiger partial charge in [-0.05, 0) is 30.7 Å². The van der Waals surface area contributed by atoms with E-state index in [1.807, 2.05) is 43.3 Å². The van der Waals surface area contributed by atoms with Gasteiger partial charge in [0, 0.05) is 23.3 Å². The highest BCUT2D eigenvalue weighted by molar-refractivity contribution is 7.99. The van der Waals surface area contributed by atoms with Crippen LogP contribution in [0, 0.1) is 18.3 Å². The number of aromatic nitrogens is 3. The number of benzene rings is 2. The number of nitriles is 1. The number of carbonyl (C=O) groups is 1. The Labute approximate surface area is 228 Å². The van der Waals surface area contributed by atoms with Crippen LogP contribution in [0.4, 0.5) is 5.13 Å². The third-order valence-corrected chi connectivity index (χ3v) is 7.21. The summed E-state index contributed by atoms with van der Waals surface area (Å²) in [7, 11) is 4.63. The molecule has 0 aliphatic rings. The maximum atomic E-state index is 12.4. The highest BCUT2D eigenvalue weighted by Crippen LogP contribution is 2.43. The Balaban J connectivity index is 1.72. The summed E-state index contributed by atoms with van der Waals surface area (Å²) in [5.41, 5.74) is 3.37. The Morgan fingerprint density at radius 2 is 1.74 bits per heavy atom. The lowest BCUT2D eigenvalue weighted by Gasteiger charge is -2.16. The number of rotatable bonds is 10. The van der Waals surface area contributed by atoms with Gasteiger partial charge in [-0.2, -0.15) is 5.26 Å². The quantitative estimate of drug-likeness (QED) is 0.253. The summed E-state index contributed by atoms with van der Waals surface area (Å²) in [5, 5.41) is 22.5. The van der Waals surface area contributed by atoms with Gasteiger partial charge in [-0.3, -0.25) is 4.79 Å². The number of anilines is 1. The molecule has 0 bridgehead atoms. The number of methoxy groups -OCH3 is 3.